The third kappa shape index (κ3) is 6.36. The summed E-state index contributed by atoms with van der Waals surface area (Å²) in [7, 11) is 0. The molecule has 3 aromatic rings. The van der Waals surface area contributed by atoms with Crippen molar-refractivity contribution >= 4 is 0 Å². The largest absolute Gasteiger partial charge is 0.454 e. The smallest absolute Gasteiger partial charge is 0.387 e. The lowest BCUT2D eigenvalue weighted by Crippen LogP contribution is -2.13. The van der Waals surface area contributed by atoms with Crippen LogP contribution in [0.5, 0.6) is 17.2 Å². The second-order valence-electron chi connectivity index (χ2n) is 9.17. The summed E-state index contributed by atoms with van der Waals surface area (Å²) in [5, 5.41) is 0. The van der Waals surface area contributed by atoms with Gasteiger partial charge in [0.05, 0.1) is 0 Å². The molecule has 4 rings (SSSR count). The molecule has 1 aliphatic carbocycles. The van der Waals surface area contributed by atoms with Crippen LogP contribution in [0.25, 0.3) is 11.1 Å². The highest BCUT2D eigenvalue weighted by Crippen LogP contribution is 2.40. The molecule has 0 unspecified atom stereocenters. The molecule has 0 amide bonds. The van der Waals surface area contributed by atoms with Crippen molar-refractivity contribution in [1.82, 2.24) is 0 Å². The van der Waals surface area contributed by atoms with Crippen molar-refractivity contribution in [1.29, 1.82) is 0 Å². The zero-order chi connectivity index (χ0) is 24.8. The van der Waals surface area contributed by atoms with Crippen LogP contribution in [0.15, 0.2) is 60.7 Å². The van der Waals surface area contributed by atoms with Crippen LogP contribution in [-0.2, 0) is 0 Å². The van der Waals surface area contributed by atoms with E-state index in [1.54, 1.807) is 0 Å². The van der Waals surface area contributed by atoms with Gasteiger partial charge in [0.1, 0.15) is 11.5 Å². The van der Waals surface area contributed by atoms with Gasteiger partial charge in [-0.25, -0.2) is 4.39 Å². The Kier molecular flexibility index (Phi) is 8.32. The molecule has 6 heteroatoms. The van der Waals surface area contributed by atoms with Crippen molar-refractivity contribution in [2.45, 2.75) is 64.4 Å². The zero-order valence-electron chi connectivity index (χ0n) is 19.8. The molecule has 0 heterocycles. The van der Waals surface area contributed by atoms with E-state index in [1.165, 1.54) is 80.8 Å². The van der Waals surface area contributed by atoms with Gasteiger partial charge in [0.25, 0.3) is 0 Å². The number of alkyl halides is 2. The van der Waals surface area contributed by atoms with Crippen molar-refractivity contribution in [2.75, 3.05) is 0 Å². The molecule has 1 saturated carbocycles. The van der Waals surface area contributed by atoms with Crippen LogP contribution in [0.2, 0.25) is 0 Å². The van der Waals surface area contributed by atoms with Gasteiger partial charge in [0, 0.05) is 5.56 Å². The molecule has 1 fully saturated rings. The van der Waals surface area contributed by atoms with Crippen LogP contribution in [0.3, 0.4) is 0 Å². The Morgan fingerprint density at radius 3 is 2.11 bits per heavy atom. The van der Waals surface area contributed by atoms with Crippen molar-refractivity contribution < 1.29 is 27.0 Å². The monoisotopic (exact) mass is 486 g/mol. The van der Waals surface area contributed by atoms with Gasteiger partial charge in [-0.1, -0.05) is 50.5 Å². The van der Waals surface area contributed by atoms with E-state index in [9.17, 15) is 17.6 Å². The Hall–Kier alpha value is -3.02. The normalized spacial score (nSPS) is 18.0. The van der Waals surface area contributed by atoms with Crippen LogP contribution in [0.1, 0.15) is 63.4 Å². The maximum absolute atomic E-state index is 14.8. The molecule has 0 atom stereocenters. The molecule has 0 aromatic heterocycles. The predicted octanol–water partition coefficient (Wildman–Crippen LogP) is 9.49. The first-order valence-electron chi connectivity index (χ1n) is 12.3. The van der Waals surface area contributed by atoms with E-state index < -0.39 is 18.2 Å². The van der Waals surface area contributed by atoms with Gasteiger partial charge in [-0.05, 0) is 85.0 Å². The Bertz CT molecular complexity index is 1090. The van der Waals surface area contributed by atoms with Crippen molar-refractivity contribution in [2.24, 2.45) is 5.92 Å². The molecule has 35 heavy (non-hydrogen) atoms. The average molecular weight is 487 g/mol. The number of unbranched alkanes of at least 4 members (excludes halogenated alkanes) is 1. The van der Waals surface area contributed by atoms with E-state index in [1.807, 2.05) is 12.1 Å². The van der Waals surface area contributed by atoms with Crippen LogP contribution in [-0.4, -0.2) is 6.61 Å². The van der Waals surface area contributed by atoms with E-state index in [2.05, 4.69) is 23.8 Å². The molecule has 0 saturated heterocycles. The fourth-order valence-corrected chi connectivity index (χ4v) is 4.88. The summed E-state index contributed by atoms with van der Waals surface area (Å²) >= 11 is 0. The number of hydrogen-bond acceptors (Lipinski definition) is 2. The zero-order valence-corrected chi connectivity index (χ0v) is 19.8. The topological polar surface area (TPSA) is 18.5 Å². The molecule has 0 bridgehead atoms. The fraction of sp³-hybridized carbons (Fsp3) is 0.379. The van der Waals surface area contributed by atoms with Gasteiger partial charge in [0.2, 0.25) is 5.82 Å². The summed E-state index contributed by atoms with van der Waals surface area (Å²) in [4.78, 5) is 0. The Morgan fingerprint density at radius 2 is 1.49 bits per heavy atom. The minimum absolute atomic E-state index is 0.0535. The summed E-state index contributed by atoms with van der Waals surface area (Å²) in [5.41, 5.74) is 2.38. The van der Waals surface area contributed by atoms with E-state index in [4.69, 9.17) is 4.74 Å². The van der Waals surface area contributed by atoms with Crippen LogP contribution in [0, 0.1) is 17.6 Å². The van der Waals surface area contributed by atoms with Gasteiger partial charge >= 0.3 is 6.61 Å². The number of halogens is 4. The molecule has 0 aliphatic heterocycles. The van der Waals surface area contributed by atoms with E-state index in [0.29, 0.717) is 17.0 Å². The maximum Gasteiger partial charge on any atom is 0.387 e. The number of ether oxygens (including phenoxy) is 2. The van der Waals surface area contributed by atoms with Gasteiger partial charge in [-0.15, -0.1) is 0 Å². The van der Waals surface area contributed by atoms with Crippen molar-refractivity contribution in [3.8, 4) is 28.4 Å². The molecule has 186 valence electrons. The third-order valence-corrected chi connectivity index (χ3v) is 6.82. The summed E-state index contributed by atoms with van der Waals surface area (Å²) in [6.07, 6.45) is 8.75. The summed E-state index contributed by atoms with van der Waals surface area (Å²) in [6.45, 7) is -0.717. The Morgan fingerprint density at radius 1 is 0.829 bits per heavy atom. The SMILES string of the molecule is CCCCC1CCC(c2ccc(-c3ccc(F)c(F)c3Oc3ccc(OC(F)F)cc3)cc2)CC1. The maximum atomic E-state index is 14.8. The molecule has 0 radical (unpaired) electrons. The summed E-state index contributed by atoms with van der Waals surface area (Å²) in [6, 6.07) is 15.8. The number of hydrogen-bond donors (Lipinski definition) is 0. The summed E-state index contributed by atoms with van der Waals surface area (Å²) in [5.74, 6) is -0.907. The Labute approximate surface area is 203 Å². The predicted molar refractivity (Wildman–Crippen MR) is 129 cm³/mol. The second-order valence-corrected chi connectivity index (χ2v) is 9.17. The first-order valence-corrected chi connectivity index (χ1v) is 12.3. The van der Waals surface area contributed by atoms with Crippen LogP contribution < -0.4 is 9.47 Å². The number of benzene rings is 3. The van der Waals surface area contributed by atoms with Gasteiger partial charge in [-0.3, -0.25) is 0 Å². The minimum Gasteiger partial charge on any atom is -0.454 e. The molecule has 3 aromatic carbocycles. The fourth-order valence-electron chi connectivity index (χ4n) is 4.88. The van der Waals surface area contributed by atoms with Gasteiger partial charge in [0.15, 0.2) is 11.6 Å². The van der Waals surface area contributed by atoms with E-state index in [-0.39, 0.29) is 17.2 Å². The Balaban J connectivity index is 1.51. The standard InChI is InChI=1S/C29H30F4O2/c1-2-3-4-19-5-7-20(8-6-19)21-9-11-22(12-10-21)25-17-18-26(30)27(31)28(25)34-23-13-15-24(16-14-23)35-29(32)33/h9-20,29H,2-8H2,1H3. The summed E-state index contributed by atoms with van der Waals surface area (Å²) < 4.78 is 63.5. The lowest BCUT2D eigenvalue weighted by atomic mass is 9.77. The highest BCUT2D eigenvalue weighted by atomic mass is 19.3. The quantitative estimate of drug-likeness (QED) is 0.280. The highest BCUT2D eigenvalue weighted by molar-refractivity contribution is 5.71. The van der Waals surface area contributed by atoms with E-state index in [0.717, 1.165) is 12.0 Å². The lowest BCUT2D eigenvalue weighted by molar-refractivity contribution is -0.0498. The third-order valence-electron chi connectivity index (χ3n) is 6.82. The van der Waals surface area contributed by atoms with Crippen molar-refractivity contribution in [3.63, 3.8) is 0 Å². The molecule has 2 nitrogen and oxygen atoms in total. The van der Waals surface area contributed by atoms with Crippen molar-refractivity contribution in [3.05, 3.63) is 77.9 Å². The average Bonchev–Trinajstić information content (AvgIpc) is 2.87. The molecular weight excluding hydrogens is 456 g/mol. The second kappa shape index (κ2) is 11.6. The molecule has 0 N–H and O–H groups in total. The first-order chi connectivity index (χ1) is 16.9. The number of rotatable bonds is 9. The molecule has 0 spiro atoms. The molecular formula is C29H30F4O2. The highest BCUT2D eigenvalue weighted by Gasteiger charge is 2.23. The van der Waals surface area contributed by atoms with Gasteiger partial charge < -0.3 is 9.47 Å². The van der Waals surface area contributed by atoms with Gasteiger partial charge in [-0.2, -0.15) is 13.2 Å². The minimum atomic E-state index is -2.95. The van der Waals surface area contributed by atoms with E-state index >= 15 is 0 Å². The lowest BCUT2D eigenvalue weighted by Gasteiger charge is -2.29. The van der Waals surface area contributed by atoms with Crippen LogP contribution in [0.4, 0.5) is 17.6 Å². The molecule has 1 aliphatic rings. The first kappa shape index (κ1) is 25.1. The van der Waals surface area contributed by atoms with Crippen LogP contribution >= 0.6 is 0 Å².